The highest BCUT2D eigenvalue weighted by molar-refractivity contribution is 5.92. The predicted octanol–water partition coefficient (Wildman–Crippen LogP) is 1.01. The Morgan fingerprint density at radius 3 is 2.76 bits per heavy atom. The molecule has 3 rings (SSSR count). The number of pyridine rings is 1. The van der Waals surface area contributed by atoms with Gasteiger partial charge < -0.3 is 20.9 Å². The number of aromatic nitrogens is 3. The van der Waals surface area contributed by atoms with Crippen LogP contribution >= 0.6 is 0 Å². The molecule has 2 aromatic rings. The number of ether oxygens (including phenoxy) is 1. The number of rotatable bonds is 5. The predicted molar refractivity (Wildman–Crippen MR) is 90.9 cm³/mol. The number of nitrogens with zero attached hydrogens (tertiary/aromatic N) is 3. The Labute approximate surface area is 145 Å². The standard InChI is InChI=1S/C17H21N5O3/c1-9-3-14(21-17(18)20-9)16(24)22-15(10-4-12(23)5-10)11-6-13(25-2)8-19-7-11/h3,6-8,10,12,15,23H,4-5H2,1-2H3,(H,22,24)(H2,18,20,21)/t10?,12?,15-/m0/s1. The van der Waals surface area contributed by atoms with Crippen LogP contribution < -0.4 is 15.8 Å². The van der Waals surface area contributed by atoms with Gasteiger partial charge in [-0.3, -0.25) is 9.78 Å². The number of aliphatic hydroxyl groups excluding tert-OH is 1. The zero-order valence-electron chi connectivity index (χ0n) is 14.1. The molecule has 0 aliphatic heterocycles. The Hall–Kier alpha value is -2.74. The topological polar surface area (TPSA) is 123 Å². The summed E-state index contributed by atoms with van der Waals surface area (Å²) >= 11 is 0. The molecule has 1 aliphatic rings. The Morgan fingerprint density at radius 1 is 1.36 bits per heavy atom. The van der Waals surface area contributed by atoms with Crippen LogP contribution in [0, 0.1) is 12.8 Å². The van der Waals surface area contributed by atoms with E-state index in [1.165, 1.54) is 0 Å². The lowest BCUT2D eigenvalue weighted by molar-refractivity contribution is 0.0234. The van der Waals surface area contributed by atoms with Gasteiger partial charge in [0.15, 0.2) is 0 Å². The molecule has 0 aromatic carbocycles. The monoisotopic (exact) mass is 343 g/mol. The quantitative estimate of drug-likeness (QED) is 0.740. The number of anilines is 1. The van der Waals surface area contributed by atoms with Crippen molar-refractivity contribution in [3.05, 3.63) is 41.5 Å². The third-order valence-electron chi connectivity index (χ3n) is 4.34. The van der Waals surface area contributed by atoms with E-state index < -0.39 is 0 Å². The maximum Gasteiger partial charge on any atom is 0.270 e. The largest absolute Gasteiger partial charge is 0.495 e. The molecule has 0 saturated heterocycles. The minimum atomic E-state index is -0.341. The van der Waals surface area contributed by atoms with Crippen molar-refractivity contribution in [2.45, 2.75) is 31.9 Å². The van der Waals surface area contributed by atoms with Crippen molar-refractivity contribution in [1.29, 1.82) is 0 Å². The lowest BCUT2D eigenvalue weighted by Crippen LogP contribution is -2.41. The van der Waals surface area contributed by atoms with Gasteiger partial charge in [0.25, 0.3) is 5.91 Å². The third-order valence-corrected chi connectivity index (χ3v) is 4.34. The van der Waals surface area contributed by atoms with E-state index in [0.717, 1.165) is 5.56 Å². The van der Waals surface area contributed by atoms with E-state index in [1.54, 1.807) is 32.5 Å². The molecule has 1 fully saturated rings. The Kier molecular flexibility index (Phi) is 4.80. The van der Waals surface area contributed by atoms with Crippen molar-refractivity contribution in [2.75, 3.05) is 12.8 Å². The van der Waals surface area contributed by atoms with Crippen molar-refractivity contribution in [1.82, 2.24) is 20.3 Å². The third kappa shape index (κ3) is 3.85. The number of carbonyl (C=O) groups is 1. The maximum absolute atomic E-state index is 12.6. The molecule has 2 aromatic heterocycles. The summed E-state index contributed by atoms with van der Waals surface area (Å²) in [6, 6.07) is 3.12. The lowest BCUT2D eigenvalue weighted by atomic mass is 9.75. The number of hydrogen-bond donors (Lipinski definition) is 3. The first-order chi connectivity index (χ1) is 12.0. The van der Waals surface area contributed by atoms with Gasteiger partial charge in [-0.05, 0) is 43.4 Å². The molecule has 1 amide bonds. The molecule has 1 atom stereocenters. The number of methoxy groups -OCH3 is 1. The Bertz CT molecular complexity index is 756. The van der Waals surface area contributed by atoms with Crippen LogP contribution in [0.2, 0.25) is 0 Å². The molecule has 2 heterocycles. The molecule has 8 nitrogen and oxygen atoms in total. The molecule has 132 valence electrons. The smallest absolute Gasteiger partial charge is 0.270 e. The van der Waals surface area contributed by atoms with Crippen molar-refractivity contribution in [3.63, 3.8) is 0 Å². The first kappa shape index (κ1) is 17.1. The van der Waals surface area contributed by atoms with Crippen molar-refractivity contribution in [2.24, 2.45) is 5.92 Å². The lowest BCUT2D eigenvalue weighted by Gasteiger charge is -2.38. The van der Waals surface area contributed by atoms with Crippen LogP contribution in [0.15, 0.2) is 24.5 Å². The van der Waals surface area contributed by atoms with E-state index in [1.807, 2.05) is 6.07 Å². The van der Waals surface area contributed by atoms with Crippen molar-refractivity contribution < 1.29 is 14.6 Å². The molecular weight excluding hydrogens is 322 g/mol. The van der Waals surface area contributed by atoms with Crippen molar-refractivity contribution in [3.8, 4) is 5.75 Å². The first-order valence-corrected chi connectivity index (χ1v) is 8.05. The molecule has 8 heteroatoms. The number of aliphatic hydroxyl groups is 1. The van der Waals surface area contributed by atoms with Gasteiger partial charge in [0.2, 0.25) is 5.95 Å². The summed E-state index contributed by atoms with van der Waals surface area (Å²) in [6.45, 7) is 1.75. The molecule has 1 aliphatic carbocycles. The van der Waals surface area contributed by atoms with Gasteiger partial charge in [0.1, 0.15) is 11.4 Å². The van der Waals surface area contributed by atoms with Crippen LogP contribution in [0.25, 0.3) is 0 Å². The molecule has 0 spiro atoms. The Morgan fingerprint density at radius 2 is 2.12 bits per heavy atom. The minimum Gasteiger partial charge on any atom is -0.495 e. The van der Waals surface area contributed by atoms with E-state index in [9.17, 15) is 9.90 Å². The number of nitrogens with two attached hydrogens (primary N) is 1. The summed E-state index contributed by atoms with van der Waals surface area (Å²) in [7, 11) is 1.56. The average molecular weight is 343 g/mol. The number of nitrogen functional groups attached to an aromatic ring is 1. The number of nitrogens with one attached hydrogen (secondary N) is 1. The van der Waals surface area contributed by atoms with E-state index in [0.29, 0.717) is 24.3 Å². The van der Waals surface area contributed by atoms with E-state index in [2.05, 4.69) is 20.3 Å². The summed E-state index contributed by atoms with van der Waals surface area (Å²) in [5.41, 5.74) is 7.29. The van der Waals surface area contributed by atoms with Gasteiger partial charge >= 0.3 is 0 Å². The molecule has 1 saturated carbocycles. The van der Waals surface area contributed by atoms with Gasteiger partial charge in [-0.1, -0.05) is 0 Å². The van der Waals surface area contributed by atoms with Gasteiger partial charge in [-0.2, -0.15) is 0 Å². The molecule has 0 radical (unpaired) electrons. The first-order valence-electron chi connectivity index (χ1n) is 8.05. The van der Waals surface area contributed by atoms with E-state index >= 15 is 0 Å². The maximum atomic E-state index is 12.6. The second-order valence-electron chi connectivity index (χ2n) is 6.25. The summed E-state index contributed by atoms with van der Waals surface area (Å²) in [6.07, 6.45) is 4.20. The number of aryl methyl sites for hydroxylation is 1. The van der Waals surface area contributed by atoms with Crippen LogP contribution in [-0.4, -0.2) is 39.2 Å². The zero-order valence-corrected chi connectivity index (χ0v) is 14.1. The van der Waals surface area contributed by atoms with E-state index in [4.69, 9.17) is 10.5 Å². The normalized spacial score (nSPS) is 20.4. The fourth-order valence-electron chi connectivity index (χ4n) is 3.02. The highest BCUT2D eigenvalue weighted by atomic mass is 16.5. The van der Waals surface area contributed by atoms with Gasteiger partial charge in [0.05, 0.1) is 25.5 Å². The van der Waals surface area contributed by atoms with Gasteiger partial charge in [-0.25, -0.2) is 9.97 Å². The van der Waals surface area contributed by atoms with E-state index in [-0.39, 0.29) is 35.6 Å². The van der Waals surface area contributed by atoms with Crippen LogP contribution in [0.1, 0.15) is 40.6 Å². The van der Waals surface area contributed by atoms with Gasteiger partial charge in [0, 0.05) is 11.9 Å². The van der Waals surface area contributed by atoms with Gasteiger partial charge in [-0.15, -0.1) is 0 Å². The number of amides is 1. The second-order valence-corrected chi connectivity index (χ2v) is 6.25. The minimum absolute atomic E-state index is 0.0591. The molecular formula is C17H21N5O3. The summed E-state index contributed by atoms with van der Waals surface area (Å²) in [4.78, 5) is 24.8. The highest BCUT2D eigenvalue weighted by Gasteiger charge is 2.36. The van der Waals surface area contributed by atoms with Crippen molar-refractivity contribution >= 4 is 11.9 Å². The van der Waals surface area contributed by atoms with Crippen LogP contribution in [0.3, 0.4) is 0 Å². The second kappa shape index (κ2) is 7.02. The fraction of sp³-hybridized carbons (Fsp3) is 0.412. The van der Waals surface area contributed by atoms with Crippen LogP contribution in [0.5, 0.6) is 5.75 Å². The van der Waals surface area contributed by atoms with Crippen LogP contribution in [0.4, 0.5) is 5.95 Å². The zero-order chi connectivity index (χ0) is 18.0. The number of hydrogen-bond acceptors (Lipinski definition) is 7. The summed E-state index contributed by atoms with van der Waals surface area (Å²) in [5.74, 6) is 0.446. The fourth-order valence-corrected chi connectivity index (χ4v) is 3.02. The highest BCUT2D eigenvalue weighted by Crippen LogP contribution is 2.38. The molecule has 0 bridgehead atoms. The summed E-state index contributed by atoms with van der Waals surface area (Å²) < 4.78 is 5.22. The van der Waals surface area contributed by atoms with Crippen LogP contribution in [-0.2, 0) is 0 Å². The number of carbonyl (C=O) groups excluding carboxylic acids is 1. The summed E-state index contributed by atoms with van der Waals surface area (Å²) in [5, 5.41) is 12.6. The average Bonchev–Trinajstić information content (AvgIpc) is 2.56. The molecule has 4 N–H and O–H groups in total. The SMILES string of the molecule is COc1cncc([C@@H](NC(=O)c2cc(C)nc(N)n2)C2CC(O)C2)c1. The Balaban J connectivity index is 1.85. The molecule has 0 unspecified atom stereocenters. The molecule has 25 heavy (non-hydrogen) atoms.